The van der Waals surface area contributed by atoms with Gasteiger partial charge in [-0.05, 0) is 141 Å². The van der Waals surface area contributed by atoms with Gasteiger partial charge in [0.2, 0.25) is 10.6 Å². The van der Waals surface area contributed by atoms with Crippen molar-refractivity contribution in [2.24, 2.45) is 0 Å². The van der Waals surface area contributed by atoms with Gasteiger partial charge < -0.3 is 18.2 Å². The quantitative estimate of drug-likeness (QED) is 0.0728. The van der Waals surface area contributed by atoms with Crippen molar-refractivity contribution in [3.63, 3.8) is 0 Å². The van der Waals surface area contributed by atoms with Crippen molar-refractivity contribution in [2.45, 2.75) is 130 Å². The maximum Gasteiger partial charge on any atom is 0.494 e. The van der Waals surface area contributed by atoms with Crippen molar-refractivity contribution in [2.75, 3.05) is 0 Å². The number of nitrogens with zero attached hydrogens (tertiary/aromatic N) is 10. The zero-order valence-electron chi connectivity index (χ0n) is 43.6. The van der Waals surface area contributed by atoms with Crippen molar-refractivity contribution in [1.29, 1.82) is 0 Å². The van der Waals surface area contributed by atoms with Gasteiger partial charge in [0.05, 0.1) is 64.9 Å². The zero-order valence-corrected chi connectivity index (χ0v) is 47.9. The Labute approximate surface area is 440 Å². The summed E-state index contributed by atoms with van der Waals surface area (Å²) < 4.78 is 28.9. The van der Waals surface area contributed by atoms with E-state index in [2.05, 4.69) is 138 Å². The van der Waals surface area contributed by atoms with Gasteiger partial charge in [0.15, 0.2) is 28.3 Å². The van der Waals surface area contributed by atoms with Gasteiger partial charge in [-0.3, -0.25) is 0 Å². The SMILES string of the molecule is CC(C)(C)[Si](C)(C)OCc1cccc(-n2ncc3ccc(-c4ccnc(Cl)n4)cc32)n1.CC1(C)OB(c2ccc3cnn(-c4cccc(CO[Si](C)(C)C(C)(C)C)n4)c3c2)OC1(C)C.Clc1ccnc(Cl)n1. The molecule has 0 atom stereocenters. The predicted octanol–water partition coefficient (Wildman–Crippen LogP) is 13.1. The van der Waals surface area contributed by atoms with Gasteiger partial charge in [-0.25, -0.2) is 39.3 Å². The molecule has 1 fully saturated rings. The maximum atomic E-state index is 6.38. The standard InChI is InChI=1S/C25H36BN3O3Si.C23H26ClN5OSi.C4H2Cl2N2/c1-23(2,3)33(8,9)30-17-20-11-10-12-22(28-20)29-21-15-19(14-13-18(21)16-27-29)26-31-24(4,5)25(6,7)32-26;1-23(2,3)31(4,5)30-15-18-7-6-8-21(27-18)29-20-13-16(9-10-17(20)14-26-29)19-11-12-25-22(24)28-19;5-3-1-2-7-4(6)8-3/h10-16H,17H2,1-9H3;6-14H,15H2,1-5H3;1-2H. The normalized spacial score (nSPS) is 14.8. The van der Waals surface area contributed by atoms with E-state index in [-0.39, 0.29) is 31.8 Å². The Bertz CT molecular complexity index is 3140. The summed E-state index contributed by atoms with van der Waals surface area (Å²) in [6, 6.07) is 27.6. The molecule has 2 aromatic carbocycles. The second kappa shape index (κ2) is 21.5. The van der Waals surface area contributed by atoms with Gasteiger partial charge in [0, 0.05) is 28.7 Å². The zero-order chi connectivity index (χ0) is 52.4. The second-order valence-electron chi connectivity index (χ2n) is 21.7. The molecule has 20 heteroatoms. The molecule has 1 aliphatic rings. The van der Waals surface area contributed by atoms with Crippen LogP contribution in [0.1, 0.15) is 80.6 Å². The summed E-state index contributed by atoms with van der Waals surface area (Å²) in [5, 5.41) is 12.3. The van der Waals surface area contributed by atoms with E-state index < -0.39 is 23.8 Å². The minimum absolute atomic E-state index is 0.156. The number of aromatic nitrogens is 10. The van der Waals surface area contributed by atoms with E-state index in [0.29, 0.717) is 18.4 Å². The van der Waals surface area contributed by atoms with Crippen LogP contribution in [0, 0.1) is 0 Å². The van der Waals surface area contributed by atoms with Crippen LogP contribution in [0.4, 0.5) is 0 Å². The van der Waals surface area contributed by atoms with Crippen LogP contribution in [-0.4, -0.2) is 84.4 Å². The van der Waals surface area contributed by atoms with E-state index >= 15 is 0 Å². The fraction of sp³-hybridized carbons (Fsp3) is 0.385. The van der Waals surface area contributed by atoms with Gasteiger partial charge >= 0.3 is 7.12 Å². The van der Waals surface area contributed by atoms with Crippen LogP contribution < -0.4 is 5.46 Å². The minimum Gasteiger partial charge on any atom is -0.411 e. The molecule has 0 N–H and O–H groups in total. The van der Waals surface area contributed by atoms with Crippen molar-refractivity contribution in [3.8, 4) is 22.9 Å². The smallest absolute Gasteiger partial charge is 0.411 e. The Balaban J connectivity index is 0.000000183. The number of halogens is 3. The van der Waals surface area contributed by atoms with Crippen molar-refractivity contribution in [3.05, 3.63) is 137 Å². The molecule has 0 saturated carbocycles. The molecule has 378 valence electrons. The van der Waals surface area contributed by atoms with Gasteiger partial charge in [0.25, 0.3) is 0 Å². The predicted molar refractivity (Wildman–Crippen MR) is 296 cm³/mol. The number of hydrogen-bond donors (Lipinski definition) is 0. The summed E-state index contributed by atoms with van der Waals surface area (Å²) in [7, 11) is -4.12. The van der Waals surface area contributed by atoms with E-state index in [0.717, 1.165) is 61.5 Å². The Hall–Kier alpha value is -4.95. The third kappa shape index (κ3) is 12.9. The van der Waals surface area contributed by atoms with Crippen LogP contribution in [0.15, 0.2) is 110 Å². The Morgan fingerprint density at radius 1 is 0.583 bits per heavy atom. The highest BCUT2D eigenvalue weighted by molar-refractivity contribution is 6.74. The van der Waals surface area contributed by atoms with Gasteiger partial charge in [-0.2, -0.15) is 10.2 Å². The first-order chi connectivity index (χ1) is 33.6. The van der Waals surface area contributed by atoms with Crippen molar-refractivity contribution in [1.82, 2.24) is 49.5 Å². The van der Waals surface area contributed by atoms with E-state index in [1.165, 1.54) is 6.20 Å². The van der Waals surface area contributed by atoms with E-state index in [4.69, 9.17) is 62.9 Å². The molecule has 0 aliphatic carbocycles. The lowest BCUT2D eigenvalue weighted by Gasteiger charge is -2.36. The lowest BCUT2D eigenvalue weighted by molar-refractivity contribution is 0.00578. The molecule has 14 nitrogen and oxygen atoms in total. The van der Waals surface area contributed by atoms with Crippen LogP contribution in [-0.2, 0) is 31.4 Å². The fourth-order valence-corrected chi connectivity index (χ4v) is 9.14. The molecule has 6 aromatic heterocycles. The monoisotopic (exact) mass is 1060 g/mol. The highest BCUT2D eigenvalue weighted by atomic mass is 35.5. The number of rotatable bonds is 10. The molecular formula is C52H64BCl3N10O4Si2. The van der Waals surface area contributed by atoms with Crippen LogP contribution in [0.2, 0.25) is 52.0 Å². The third-order valence-corrected chi connectivity index (χ3v) is 23.5. The topological polar surface area (TPSA) is 150 Å². The number of benzene rings is 2. The molecule has 0 spiro atoms. The van der Waals surface area contributed by atoms with Gasteiger partial charge in [-0.1, -0.05) is 89.5 Å². The molecule has 8 aromatic rings. The van der Waals surface area contributed by atoms with E-state index in [1.807, 2.05) is 88.5 Å². The number of fused-ring (bicyclic) bond motifs is 2. The van der Waals surface area contributed by atoms with Crippen molar-refractivity contribution >= 4 is 85.8 Å². The van der Waals surface area contributed by atoms with Gasteiger partial charge in [-0.15, -0.1) is 0 Å². The largest absolute Gasteiger partial charge is 0.494 e. The van der Waals surface area contributed by atoms with E-state index in [9.17, 15) is 0 Å². The summed E-state index contributed by atoms with van der Waals surface area (Å²) in [5.41, 5.74) is 5.63. The number of pyridine rings is 2. The van der Waals surface area contributed by atoms with E-state index in [1.54, 1.807) is 12.3 Å². The molecule has 0 bridgehead atoms. The first-order valence-electron chi connectivity index (χ1n) is 23.8. The molecule has 0 amide bonds. The van der Waals surface area contributed by atoms with Gasteiger partial charge in [0.1, 0.15) is 5.15 Å². The lowest BCUT2D eigenvalue weighted by atomic mass is 9.79. The first kappa shape index (κ1) is 54.8. The molecule has 9 rings (SSSR count). The highest BCUT2D eigenvalue weighted by Gasteiger charge is 2.51. The molecule has 0 unspecified atom stereocenters. The van der Waals surface area contributed by atoms with Crippen LogP contribution in [0.5, 0.6) is 0 Å². The maximum absolute atomic E-state index is 6.38. The summed E-state index contributed by atoms with van der Waals surface area (Å²) in [4.78, 5) is 25.2. The summed E-state index contributed by atoms with van der Waals surface area (Å²) in [5.74, 6) is 1.52. The average Bonchev–Trinajstić information content (AvgIpc) is 4.00. The molecular weight excluding hydrogens is 1000 g/mol. The lowest BCUT2D eigenvalue weighted by Crippen LogP contribution is -2.41. The minimum atomic E-state index is -1.85. The van der Waals surface area contributed by atoms with Crippen LogP contribution in [0.25, 0.3) is 44.7 Å². The Kier molecular flexibility index (Phi) is 16.4. The molecule has 72 heavy (non-hydrogen) atoms. The molecule has 1 aliphatic heterocycles. The fourth-order valence-electron chi connectivity index (χ4n) is 6.79. The van der Waals surface area contributed by atoms with Crippen LogP contribution >= 0.6 is 34.8 Å². The molecule has 1 saturated heterocycles. The molecule has 0 radical (unpaired) electrons. The Morgan fingerprint density at radius 3 is 1.51 bits per heavy atom. The van der Waals surface area contributed by atoms with Crippen molar-refractivity contribution < 1.29 is 18.2 Å². The first-order valence-corrected chi connectivity index (χ1v) is 30.7. The number of hydrogen-bond acceptors (Lipinski definition) is 12. The average molecular weight is 1070 g/mol. The Morgan fingerprint density at radius 2 is 1.06 bits per heavy atom. The third-order valence-electron chi connectivity index (χ3n) is 14.0. The molecule has 7 heterocycles. The summed E-state index contributed by atoms with van der Waals surface area (Å²) in [6.07, 6.45) is 6.85. The summed E-state index contributed by atoms with van der Waals surface area (Å²) in [6.45, 7) is 31.7. The second-order valence-corrected chi connectivity index (χ2v) is 32.4. The summed E-state index contributed by atoms with van der Waals surface area (Å²) >= 11 is 16.7. The van der Waals surface area contributed by atoms with Crippen LogP contribution in [0.3, 0.4) is 0 Å². The highest BCUT2D eigenvalue weighted by Crippen LogP contribution is 2.39.